The van der Waals surface area contributed by atoms with Gasteiger partial charge in [-0.15, -0.1) is 11.8 Å². The molecule has 1 fully saturated rings. The van der Waals surface area contributed by atoms with Crippen molar-refractivity contribution in [1.82, 2.24) is 63.4 Å². The van der Waals surface area contributed by atoms with Crippen LogP contribution in [0.3, 0.4) is 0 Å². The number of primary amides is 2. The van der Waals surface area contributed by atoms with Gasteiger partial charge in [-0.05, 0) is 107 Å². The molecule has 44 nitrogen and oxygen atoms in total. The Hall–Kier alpha value is -10.3. The summed E-state index contributed by atoms with van der Waals surface area (Å²) in [6, 6.07) is 4.13. The molecule has 24 N–H and O–H groups in total. The Balaban J connectivity index is 1.22. The van der Waals surface area contributed by atoms with E-state index in [0.717, 1.165) is 29.1 Å². The van der Waals surface area contributed by atoms with Gasteiger partial charge in [0.15, 0.2) is 11.1 Å². The minimum atomic E-state index is -4.78. The van der Waals surface area contributed by atoms with Crippen molar-refractivity contribution in [2.45, 2.75) is 184 Å². The third kappa shape index (κ3) is 44.4. The van der Waals surface area contributed by atoms with E-state index in [9.17, 15) is 111 Å². The van der Waals surface area contributed by atoms with Gasteiger partial charge < -0.3 is 130 Å². The maximum Gasteiger partial charge on any atom is 0.356 e. The number of urea groups is 2. The number of ketones is 1. The molecular formula is C76H120N17O27PS. The molecule has 1 aliphatic rings. The molecular weight excluding hydrogens is 1650 g/mol. The molecule has 1 heterocycles. The van der Waals surface area contributed by atoms with E-state index in [1.54, 1.807) is 50.2 Å². The molecule has 2 aromatic rings. The number of ether oxygens (including phenoxy) is 4. The van der Waals surface area contributed by atoms with Gasteiger partial charge in [-0.2, -0.15) is 0 Å². The summed E-state index contributed by atoms with van der Waals surface area (Å²) in [7, 11) is -4.78. The fourth-order valence-electron chi connectivity index (χ4n) is 11.3. The van der Waals surface area contributed by atoms with Crippen LogP contribution in [-0.2, 0) is 102 Å². The summed E-state index contributed by atoms with van der Waals surface area (Å²) in [6.45, 7) is 6.08. The molecule has 2 aromatic carbocycles. The molecule has 0 bridgehead atoms. The first kappa shape index (κ1) is 106. The Morgan fingerprint density at radius 1 is 0.557 bits per heavy atom. The van der Waals surface area contributed by atoms with E-state index in [0.29, 0.717) is 29.8 Å². The zero-order chi connectivity index (χ0) is 90.7. The van der Waals surface area contributed by atoms with Crippen molar-refractivity contribution in [3.63, 3.8) is 0 Å². The number of hydrogen-bond donors (Lipinski definition) is 21. The van der Waals surface area contributed by atoms with Gasteiger partial charge >= 0.3 is 25.6 Å². The van der Waals surface area contributed by atoms with E-state index in [2.05, 4.69) is 69.1 Å². The number of carboxylic acids is 1. The maximum absolute atomic E-state index is 13.9. The van der Waals surface area contributed by atoms with Crippen molar-refractivity contribution in [3.8, 4) is 0 Å². The number of amides is 17. The molecule has 122 heavy (non-hydrogen) atoms. The van der Waals surface area contributed by atoms with Crippen LogP contribution < -0.4 is 86.3 Å². The zero-order valence-corrected chi connectivity index (χ0v) is 70.7. The first-order chi connectivity index (χ1) is 57.8. The summed E-state index contributed by atoms with van der Waals surface area (Å²) >= 11 is 0.988. The number of aliphatic carboxylic acids is 1. The van der Waals surface area contributed by atoms with Gasteiger partial charge in [0.1, 0.15) is 30.2 Å². The molecule has 1 aliphatic heterocycles. The molecule has 0 spiro atoms. The van der Waals surface area contributed by atoms with Gasteiger partial charge in [0.25, 0.3) is 0 Å². The van der Waals surface area contributed by atoms with Crippen molar-refractivity contribution in [2.24, 2.45) is 23.1 Å². The van der Waals surface area contributed by atoms with Crippen LogP contribution in [0.25, 0.3) is 0 Å². The van der Waals surface area contributed by atoms with E-state index in [1.807, 2.05) is 19.1 Å². The van der Waals surface area contributed by atoms with Crippen LogP contribution in [0.2, 0.25) is 0 Å². The molecule has 0 saturated carbocycles. The number of carbonyl (C=O) groups is 17. The number of likely N-dealkylation sites (tertiary alicyclic amines) is 1. The van der Waals surface area contributed by atoms with E-state index < -0.39 is 181 Å². The number of Topliss-reactive ketones (excluding diaryl/α,β-unsaturated/α-hetero) is 1. The molecule has 0 radical (unpaired) electrons. The van der Waals surface area contributed by atoms with Crippen molar-refractivity contribution in [2.75, 3.05) is 122 Å². The number of nitrogens with one attached hydrogen (secondary N) is 13. The number of hydrogen-bond acceptors (Lipinski definition) is 26. The SMILES string of the molecule is Cc1ccccc1NC(=O)Nc1ccc(CC(=O)N[C@@H](CCCNC(N)=O)C(=O)N[C@@H](CCC(=O)O)C(=O)N[C@@H](CO)C(=O)N[C@H](C(=O)NCCOCCOCCNC(=O)CCC(=O)NCCOCCOCCNC(=O)CCC(=O)N[C@@H](CCCCNC(=O)[C@H](N)CSC2CC(=O)N(CC(=O)CCCCC(C)(O)P(=O)(O)O)C2=O)C(N)=O)C(C)C)cc1. The van der Waals surface area contributed by atoms with Crippen LogP contribution >= 0.6 is 19.4 Å². The summed E-state index contributed by atoms with van der Waals surface area (Å²) in [4.78, 5) is 235. The number of benzene rings is 2. The maximum atomic E-state index is 13.9. The second-order valence-electron chi connectivity index (χ2n) is 28.8. The summed E-state index contributed by atoms with van der Waals surface area (Å²) in [5, 5.41) is 59.9. The van der Waals surface area contributed by atoms with Gasteiger partial charge in [-0.1, -0.05) is 44.2 Å². The van der Waals surface area contributed by atoms with Crippen LogP contribution in [0.1, 0.15) is 135 Å². The highest BCUT2D eigenvalue weighted by molar-refractivity contribution is 8.00. The first-order valence-corrected chi connectivity index (χ1v) is 42.5. The Morgan fingerprint density at radius 2 is 1.07 bits per heavy atom. The number of para-hydroxylation sites is 1. The fraction of sp³-hybridized carbons (Fsp3) is 0.618. The number of aryl methyl sites for hydroxylation is 1. The topological polar surface area (TPSA) is 683 Å². The molecule has 46 heteroatoms. The molecule has 1 saturated heterocycles. The Kier molecular flexibility index (Phi) is 50.2. The van der Waals surface area contributed by atoms with E-state index in [4.69, 9.17) is 36.1 Å². The number of anilines is 2. The van der Waals surface area contributed by atoms with Gasteiger partial charge in [0.2, 0.25) is 76.8 Å². The lowest BCUT2D eigenvalue weighted by Crippen LogP contribution is -2.60. The third-order valence-corrected chi connectivity index (χ3v) is 21.1. The first-order valence-electron chi connectivity index (χ1n) is 39.9. The number of imide groups is 1. The molecule has 0 aromatic heterocycles. The number of thioether (sulfide) groups is 1. The minimum Gasteiger partial charge on any atom is -0.481 e. The van der Waals surface area contributed by atoms with Crippen molar-refractivity contribution < 1.29 is 130 Å². The summed E-state index contributed by atoms with van der Waals surface area (Å²) in [6.07, 6.45) is -1.46. The number of unbranched alkanes of at least 4 members (excludes halogenated alkanes) is 2. The number of nitrogens with two attached hydrogens (primary N) is 3. The number of aliphatic hydroxyl groups is 2. The second-order valence-corrected chi connectivity index (χ2v) is 32.1. The van der Waals surface area contributed by atoms with E-state index in [-0.39, 0.29) is 187 Å². The Bertz CT molecular complexity index is 3840. The smallest absolute Gasteiger partial charge is 0.356 e. The third-order valence-electron chi connectivity index (χ3n) is 18.3. The molecule has 8 atom stereocenters. The molecule has 3 rings (SSSR count). The lowest BCUT2D eigenvalue weighted by atomic mass is 10.0. The van der Waals surface area contributed by atoms with Crippen molar-refractivity contribution >= 4 is 131 Å². The van der Waals surface area contributed by atoms with Crippen LogP contribution in [0.15, 0.2) is 48.5 Å². The predicted octanol–water partition coefficient (Wildman–Crippen LogP) is -3.37. The van der Waals surface area contributed by atoms with E-state index in [1.165, 1.54) is 0 Å². The van der Waals surface area contributed by atoms with Crippen LogP contribution in [0.5, 0.6) is 0 Å². The van der Waals surface area contributed by atoms with Crippen molar-refractivity contribution in [3.05, 3.63) is 59.7 Å². The predicted molar refractivity (Wildman–Crippen MR) is 441 cm³/mol. The summed E-state index contributed by atoms with van der Waals surface area (Å²) < 4.78 is 33.3. The Labute approximate surface area is 710 Å². The monoisotopic (exact) mass is 1770 g/mol. The number of carboxylic acid groups (broad SMARTS) is 1. The van der Waals surface area contributed by atoms with Crippen LogP contribution in [-0.4, -0.2) is 288 Å². The highest BCUT2D eigenvalue weighted by Gasteiger charge is 2.42. The van der Waals surface area contributed by atoms with Crippen molar-refractivity contribution in [1.29, 1.82) is 0 Å². The molecule has 2 unspecified atom stereocenters. The number of nitrogens with zero attached hydrogens (tertiary/aromatic N) is 1. The normalized spacial score (nSPS) is 14.5. The van der Waals surface area contributed by atoms with Gasteiger partial charge in [0.05, 0.1) is 83.7 Å². The fourth-order valence-corrected chi connectivity index (χ4v) is 12.9. The average Bonchev–Trinajstić information content (AvgIpc) is 1.74. The quantitative estimate of drug-likeness (QED) is 0.0175. The largest absolute Gasteiger partial charge is 0.481 e. The second kappa shape index (κ2) is 57.8. The number of rotatable bonds is 64. The van der Waals surface area contributed by atoms with E-state index >= 15 is 0 Å². The standard InChI is InChI=1S/C76H120N17O27PS/c1-47(2)66(92-71(108)57(45-94)90-70(107)56(21-26-65(102)103)89-69(106)55(16-11-29-85-74(79)111)88-63(100)42-49-17-19-50(20-18-49)86-75(112)91-53-14-6-5-12-48(53)3)72(109)84-33-37-120-41-40-119-35-31-81-60(97)23-22-59(96)80-30-34-117-38-39-118-36-32-82-61(98)24-25-62(99)87-54(67(78)104)15-8-10-28-83-68(105)52(77)46-122-58-43-64(101)93(73(58)110)44-51(95)13-7-9-27-76(4,113)121(114,115)116/h5-6,12,14,17-20,47,52,54-58,66,94,113H,7-11,13,15-16,21-46,77H2,1-4H3,(H2,78,104)(H,80,96)(H,81,97)(H,82,98)(H,83,105)(H,84,109)(H,87,99)(H,88,100)(H,89,106)(H,90,107)(H,92,108)(H,102,103)(H3,79,85,111)(H2,86,91,112)(H2,114,115,116)/t52-,54+,55+,56+,57+,58?,66+,76?/m1/s1. The summed E-state index contributed by atoms with van der Waals surface area (Å²) in [5.41, 5.74) is 19.1. The van der Waals surface area contributed by atoms with Gasteiger partial charge in [-0.25, -0.2) is 9.59 Å². The zero-order valence-electron chi connectivity index (χ0n) is 69.0. The molecule has 682 valence electrons. The lowest BCUT2D eigenvalue weighted by molar-refractivity contribution is -0.142. The average molecular weight is 1770 g/mol. The highest BCUT2D eigenvalue weighted by Crippen LogP contribution is 2.51. The molecule has 17 amide bonds. The lowest BCUT2D eigenvalue weighted by Gasteiger charge is -2.26. The molecule has 0 aliphatic carbocycles. The Morgan fingerprint density at radius 3 is 1.60 bits per heavy atom. The number of aliphatic hydroxyl groups excluding tert-OH is 1. The summed E-state index contributed by atoms with van der Waals surface area (Å²) in [5.74, 6) is -11.0. The van der Waals surface area contributed by atoms with Crippen LogP contribution in [0.4, 0.5) is 21.0 Å². The highest BCUT2D eigenvalue weighted by atomic mass is 32.2. The van der Waals surface area contributed by atoms with Gasteiger partial charge in [0, 0.05) is 101 Å². The minimum absolute atomic E-state index is 0.00919. The number of carbonyl (C=O) groups excluding carboxylic acids is 16. The van der Waals surface area contributed by atoms with Gasteiger partial charge in [-0.3, -0.25) is 81.4 Å². The van der Waals surface area contributed by atoms with Crippen LogP contribution in [0, 0.1) is 12.8 Å².